The molecule has 0 aliphatic rings. The monoisotopic (exact) mass is 270 g/mol. The fourth-order valence-corrected chi connectivity index (χ4v) is 1.70. The van der Waals surface area contributed by atoms with Crippen LogP contribution in [0.15, 0.2) is 54.6 Å². The van der Waals surface area contributed by atoms with Crippen LogP contribution >= 0.6 is 0 Å². The molecule has 102 valence electrons. The first-order chi connectivity index (χ1) is 9.58. The Kier molecular flexibility index (Phi) is 4.15. The number of carboxylic acids is 1. The number of carboxylic acid groups (broad SMARTS) is 1. The highest BCUT2D eigenvalue weighted by atomic mass is 16.5. The predicted molar refractivity (Wildman–Crippen MR) is 74.0 cm³/mol. The van der Waals surface area contributed by atoms with Crippen molar-refractivity contribution in [3.8, 4) is 5.75 Å². The highest BCUT2D eigenvalue weighted by Gasteiger charge is 2.13. The van der Waals surface area contributed by atoms with Gasteiger partial charge in [0.2, 0.25) is 0 Å². The standard InChI is InChI=1S/C16H14O4/c1-11(16(18)19)20-14-9-7-13(8-10-14)15(17)12-5-3-2-4-6-12/h2-11H,1H3,(H,18,19)/t11-/m0/s1. The molecule has 0 aliphatic heterocycles. The summed E-state index contributed by atoms with van der Waals surface area (Å²) in [6.07, 6.45) is -0.925. The zero-order valence-electron chi connectivity index (χ0n) is 10.9. The summed E-state index contributed by atoms with van der Waals surface area (Å²) in [5.74, 6) is -0.692. The Morgan fingerprint density at radius 1 is 0.950 bits per heavy atom. The highest BCUT2D eigenvalue weighted by Crippen LogP contribution is 2.16. The summed E-state index contributed by atoms with van der Waals surface area (Å²) in [5.41, 5.74) is 1.15. The van der Waals surface area contributed by atoms with Gasteiger partial charge in [0.15, 0.2) is 11.9 Å². The molecule has 0 aromatic heterocycles. The van der Waals surface area contributed by atoms with Gasteiger partial charge in [-0.05, 0) is 31.2 Å². The van der Waals surface area contributed by atoms with Crippen molar-refractivity contribution in [2.24, 2.45) is 0 Å². The van der Waals surface area contributed by atoms with E-state index in [1.54, 1.807) is 48.5 Å². The number of hydrogen-bond acceptors (Lipinski definition) is 3. The first kappa shape index (κ1) is 13.8. The molecule has 0 fully saturated rings. The lowest BCUT2D eigenvalue weighted by atomic mass is 10.0. The van der Waals surface area contributed by atoms with Crippen molar-refractivity contribution in [3.05, 3.63) is 65.7 Å². The predicted octanol–water partition coefficient (Wildman–Crippen LogP) is 2.77. The molecule has 0 saturated carbocycles. The molecule has 0 heterocycles. The molecule has 0 unspecified atom stereocenters. The van der Waals surface area contributed by atoms with Crippen LogP contribution in [0.3, 0.4) is 0 Å². The average molecular weight is 270 g/mol. The first-order valence-electron chi connectivity index (χ1n) is 6.17. The number of benzene rings is 2. The van der Waals surface area contributed by atoms with Gasteiger partial charge in [-0.25, -0.2) is 4.79 Å². The molecular weight excluding hydrogens is 256 g/mol. The van der Waals surface area contributed by atoms with Crippen molar-refractivity contribution in [1.82, 2.24) is 0 Å². The molecule has 20 heavy (non-hydrogen) atoms. The van der Waals surface area contributed by atoms with Gasteiger partial charge < -0.3 is 9.84 Å². The Labute approximate surface area is 116 Å². The molecule has 0 aliphatic carbocycles. The summed E-state index contributed by atoms with van der Waals surface area (Å²) in [5, 5.41) is 8.76. The third-order valence-corrected chi connectivity index (χ3v) is 2.81. The fourth-order valence-electron chi connectivity index (χ4n) is 1.70. The van der Waals surface area contributed by atoms with E-state index in [0.29, 0.717) is 16.9 Å². The van der Waals surface area contributed by atoms with E-state index >= 15 is 0 Å². The molecule has 1 atom stereocenters. The Balaban J connectivity index is 2.12. The molecule has 0 saturated heterocycles. The van der Waals surface area contributed by atoms with E-state index in [9.17, 15) is 9.59 Å². The van der Waals surface area contributed by atoms with Crippen LogP contribution in [0.25, 0.3) is 0 Å². The quantitative estimate of drug-likeness (QED) is 0.848. The first-order valence-corrected chi connectivity index (χ1v) is 6.17. The number of carbonyl (C=O) groups excluding carboxylic acids is 1. The molecule has 2 aromatic rings. The second-order valence-electron chi connectivity index (χ2n) is 4.32. The SMILES string of the molecule is C[C@H](Oc1ccc(C(=O)c2ccccc2)cc1)C(=O)O. The zero-order chi connectivity index (χ0) is 14.5. The van der Waals surface area contributed by atoms with Crippen molar-refractivity contribution in [1.29, 1.82) is 0 Å². The minimum absolute atomic E-state index is 0.0802. The Hall–Kier alpha value is -2.62. The third-order valence-electron chi connectivity index (χ3n) is 2.81. The van der Waals surface area contributed by atoms with Crippen molar-refractivity contribution in [2.75, 3.05) is 0 Å². The van der Waals surface area contributed by atoms with Crippen molar-refractivity contribution in [2.45, 2.75) is 13.0 Å². The van der Waals surface area contributed by atoms with Gasteiger partial charge >= 0.3 is 5.97 Å². The van der Waals surface area contributed by atoms with Crippen LogP contribution < -0.4 is 4.74 Å². The number of hydrogen-bond donors (Lipinski definition) is 1. The Morgan fingerprint density at radius 2 is 1.50 bits per heavy atom. The van der Waals surface area contributed by atoms with E-state index in [-0.39, 0.29) is 5.78 Å². The summed E-state index contributed by atoms with van der Waals surface area (Å²) in [7, 11) is 0. The van der Waals surface area contributed by atoms with Gasteiger partial charge in [0.05, 0.1) is 0 Å². The van der Waals surface area contributed by atoms with Gasteiger partial charge in [-0.3, -0.25) is 4.79 Å². The summed E-state index contributed by atoms with van der Waals surface area (Å²) >= 11 is 0. The van der Waals surface area contributed by atoms with E-state index in [2.05, 4.69) is 0 Å². The largest absolute Gasteiger partial charge is 0.479 e. The minimum atomic E-state index is -1.03. The molecule has 0 spiro atoms. The maximum Gasteiger partial charge on any atom is 0.344 e. The van der Waals surface area contributed by atoms with E-state index in [0.717, 1.165) is 0 Å². The van der Waals surface area contributed by atoms with Crippen molar-refractivity contribution < 1.29 is 19.4 Å². The summed E-state index contributed by atoms with van der Waals surface area (Å²) in [6.45, 7) is 1.45. The van der Waals surface area contributed by atoms with E-state index < -0.39 is 12.1 Å². The number of ketones is 1. The van der Waals surface area contributed by atoms with Crippen LogP contribution in [0.4, 0.5) is 0 Å². The minimum Gasteiger partial charge on any atom is -0.479 e. The van der Waals surface area contributed by atoms with Gasteiger partial charge in [0.1, 0.15) is 5.75 Å². The highest BCUT2D eigenvalue weighted by molar-refractivity contribution is 6.08. The topological polar surface area (TPSA) is 63.6 Å². The molecule has 4 heteroatoms. The van der Waals surface area contributed by atoms with Gasteiger partial charge in [-0.15, -0.1) is 0 Å². The molecule has 0 amide bonds. The molecule has 2 aromatic carbocycles. The van der Waals surface area contributed by atoms with Crippen LogP contribution in [0, 0.1) is 0 Å². The van der Waals surface area contributed by atoms with Crippen LogP contribution in [0.5, 0.6) is 5.75 Å². The Bertz CT molecular complexity index is 602. The van der Waals surface area contributed by atoms with Crippen molar-refractivity contribution in [3.63, 3.8) is 0 Å². The summed E-state index contributed by atoms with van der Waals surface area (Å²) in [6, 6.07) is 15.4. The zero-order valence-corrected chi connectivity index (χ0v) is 10.9. The van der Waals surface area contributed by atoms with Gasteiger partial charge in [-0.1, -0.05) is 30.3 Å². The third kappa shape index (κ3) is 3.23. The van der Waals surface area contributed by atoms with Gasteiger partial charge in [-0.2, -0.15) is 0 Å². The fraction of sp³-hybridized carbons (Fsp3) is 0.125. The van der Waals surface area contributed by atoms with Crippen LogP contribution in [-0.4, -0.2) is 23.0 Å². The Morgan fingerprint density at radius 3 is 2.05 bits per heavy atom. The second kappa shape index (κ2) is 6.02. The summed E-state index contributed by atoms with van der Waals surface area (Å²) < 4.78 is 5.21. The van der Waals surface area contributed by atoms with E-state index in [1.165, 1.54) is 6.92 Å². The lowest BCUT2D eigenvalue weighted by Gasteiger charge is -2.10. The van der Waals surface area contributed by atoms with E-state index in [1.807, 2.05) is 6.07 Å². The second-order valence-corrected chi connectivity index (χ2v) is 4.32. The van der Waals surface area contributed by atoms with E-state index in [4.69, 9.17) is 9.84 Å². The maximum atomic E-state index is 12.2. The normalized spacial score (nSPS) is 11.7. The number of carbonyl (C=O) groups is 2. The number of aliphatic carboxylic acids is 1. The molecule has 1 N–H and O–H groups in total. The molecule has 0 bridgehead atoms. The van der Waals surface area contributed by atoms with Gasteiger partial charge in [0.25, 0.3) is 0 Å². The lowest BCUT2D eigenvalue weighted by Crippen LogP contribution is -2.22. The van der Waals surface area contributed by atoms with Gasteiger partial charge in [0, 0.05) is 11.1 Å². The van der Waals surface area contributed by atoms with Crippen LogP contribution in [0.2, 0.25) is 0 Å². The summed E-state index contributed by atoms with van der Waals surface area (Å²) in [4.78, 5) is 22.8. The van der Waals surface area contributed by atoms with Crippen molar-refractivity contribution >= 4 is 11.8 Å². The molecule has 2 rings (SSSR count). The smallest absolute Gasteiger partial charge is 0.344 e. The maximum absolute atomic E-state index is 12.2. The molecule has 0 radical (unpaired) electrons. The van der Waals surface area contributed by atoms with Crippen LogP contribution in [-0.2, 0) is 4.79 Å². The number of rotatable bonds is 5. The molecular formula is C16H14O4. The molecule has 4 nitrogen and oxygen atoms in total. The average Bonchev–Trinajstić information content (AvgIpc) is 2.48. The van der Waals surface area contributed by atoms with Crippen LogP contribution in [0.1, 0.15) is 22.8 Å². The lowest BCUT2D eigenvalue weighted by molar-refractivity contribution is -0.144. The number of ether oxygens (including phenoxy) is 1.